The van der Waals surface area contributed by atoms with Gasteiger partial charge in [0.1, 0.15) is 5.82 Å². The summed E-state index contributed by atoms with van der Waals surface area (Å²) in [6, 6.07) is 7.17. The molecule has 0 fully saturated rings. The summed E-state index contributed by atoms with van der Waals surface area (Å²) in [6.45, 7) is 1.85. The third-order valence-electron chi connectivity index (χ3n) is 1.83. The second-order valence-electron chi connectivity index (χ2n) is 2.87. The van der Waals surface area contributed by atoms with Gasteiger partial charge < -0.3 is 4.74 Å². The number of hydrogen-bond donors (Lipinski definition) is 0. The molecule has 0 aliphatic rings. The van der Waals surface area contributed by atoms with Crippen LogP contribution in [0.15, 0.2) is 24.3 Å². The average Bonchev–Trinajstić information content (AvgIpc) is 2.19. The van der Waals surface area contributed by atoms with E-state index in [2.05, 4.69) is 0 Å². The van der Waals surface area contributed by atoms with Crippen LogP contribution in [0.1, 0.15) is 18.4 Å². The Morgan fingerprint density at radius 2 is 2.40 bits per heavy atom. The summed E-state index contributed by atoms with van der Waals surface area (Å²) in [7, 11) is 0. The highest BCUT2D eigenvalue weighted by Crippen LogP contribution is 2.17. The van der Waals surface area contributed by atoms with Gasteiger partial charge in [-0.15, -0.1) is 0 Å². The highest BCUT2D eigenvalue weighted by molar-refractivity contribution is 5.81. The van der Waals surface area contributed by atoms with Crippen LogP contribution >= 0.6 is 0 Å². The Morgan fingerprint density at radius 1 is 1.67 bits per heavy atom. The van der Waals surface area contributed by atoms with Crippen molar-refractivity contribution >= 4 is 5.97 Å². The molecule has 0 radical (unpaired) electrons. The molecule has 1 aromatic carbocycles. The fraction of sp³-hybridized carbons (Fsp3) is 0.273. The molecule has 0 bridgehead atoms. The SMILES string of the molecule is CCOC(=O)C(C#N)c1cccc(F)c1. The summed E-state index contributed by atoms with van der Waals surface area (Å²) in [4.78, 5) is 11.3. The number of benzene rings is 1. The molecule has 3 nitrogen and oxygen atoms in total. The van der Waals surface area contributed by atoms with Crippen LogP contribution in [-0.2, 0) is 9.53 Å². The first-order chi connectivity index (χ1) is 7.19. The van der Waals surface area contributed by atoms with Crippen molar-refractivity contribution in [2.24, 2.45) is 0 Å². The fourth-order valence-electron chi connectivity index (χ4n) is 1.18. The van der Waals surface area contributed by atoms with E-state index >= 15 is 0 Å². The van der Waals surface area contributed by atoms with Crippen molar-refractivity contribution < 1.29 is 13.9 Å². The lowest BCUT2D eigenvalue weighted by atomic mass is 10.0. The molecule has 0 aliphatic heterocycles. The number of hydrogen-bond acceptors (Lipinski definition) is 3. The molecule has 0 saturated carbocycles. The summed E-state index contributed by atoms with van der Waals surface area (Å²) in [6.07, 6.45) is 0. The van der Waals surface area contributed by atoms with E-state index in [0.29, 0.717) is 5.56 Å². The molecule has 4 heteroatoms. The molecule has 0 aliphatic carbocycles. The van der Waals surface area contributed by atoms with E-state index in [1.807, 2.05) is 0 Å². The van der Waals surface area contributed by atoms with Gasteiger partial charge in [-0.25, -0.2) is 4.39 Å². The fourth-order valence-corrected chi connectivity index (χ4v) is 1.18. The third kappa shape index (κ3) is 2.78. The Balaban J connectivity index is 2.93. The zero-order valence-electron chi connectivity index (χ0n) is 8.24. The Kier molecular flexibility index (Phi) is 3.81. The predicted octanol–water partition coefficient (Wildman–Crippen LogP) is 2.00. The lowest BCUT2D eigenvalue weighted by Crippen LogP contribution is -2.14. The molecule has 0 spiro atoms. The maximum atomic E-state index is 12.9. The van der Waals surface area contributed by atoms with Crippen molar-refractivity contribution in [2.45, 2.75) is 12.8 Å². The van der Waals surface area contributed by atoms with Crippen LogP contribution in [0.25, 0.3) is 0 Å². The van der Waals surface area contributed by atoms with Crippen molar-refractivity contribution in [3.05, 3.63) is 35.6 Å². The predicted molar refractivity (Wildman–Crippen MR) is 51.4 cm³/mol. The normalized spacial score (nSPS) is 11.5. The quantitative estimate of drug-likeness (QED) is 0.712. The Hall–Kier alpha value is -1.89. The zero-order chi connectivity index (χ0) is 11.3. The maximum Gasteiger partial charge on any atom is 0.327 e. The van der Waals surface area contributed by atoms with Crippen molar-refractivity contribution in [1.29, 1.82) is 5.26 Å². The molecule has 15 heavy (non-hydrogen) atoms. The first kappa shape index (κ1) is 11.2. The van der Waals surface area contributed by atoms with Crippen LogP contribution < -0.4 is 0 Å². The van der Waals surface area contributed by atoms with Gasteiger partial charge in [-0.2, -0.15) is 5.26 Å². The van der Waals surface area contributed by atoms with Gasteiger partial charge in [0, 0.05) is 0 Å². The van der Waals surface area contributed by atoms with Gasteiger partial charge >= 0.3 is 5.97 Å². The summed E-state index contributed by atoms with van der Waals surface area (Å²) in [5, 5.41) is 8.79. The van der Waals surface area contributed by atoms with Gasteiger partial charge in [0.2, 0.25) is 0 Å². The number of nitriles is 1. The van der Waals surface area contributed by atoms with Gasteiger partial charge in [0.15, 0.2) is 5.92 Å². The van der Waals surface area contributed by atoms with Crippen LogP contribution in [0.4, 0.5) is 4.39 Å². The second kappa shape index (κ2) is 5.11. The lowest BCUT2D eigenvalue weighted by Gasteiger charge is -2.08. The van der Waals surface area contributed by atoms with Crippen molar-refractivity contribution in [3.63, 3.8) is 0 Å². The largest absolute Gasteiger partial charge is 0.465 e. The van der Waals surface area contributed by atoms with E-state index < -0.39 is 17.7 Å². The highest BCUT2D eigenvalue weighted by atomic mass is 19.1. The van der Waals surface area contributed by atoms with Crippen molar-refractivity contribution in [1.82, 2.24) is 0 Å². The highest BCUT2D eigenvalue weighted by Gasteiger charge is 2.21. The minimum absolute atomic E-state index is 0.201. The lowest BCUT2D eigenvalue weighted by molar-refractivity contribution is -0.143. The number of halogens is 1. The molecule has 78 valence electrons. The van der Waals surface area contributed by atoms with Gasteiger partial charge in [-0.1, -0.05) is 12.1 Å². The smallest absolute Gasteiger partial charge is 0.327 e. The molecule has 1 unspecified atom stereocenters. The molecule has 0 saturated heterocycles. The number of esters is 1. The van der Waals surface area contributed by atoms with Crippen molar-refractivity contribution in [3.8, 4) is 6.07 Å². The Morgan fingerprint density at radius 3 is 2.93 bits per heavy atom. The standard InChI is InChI=1S/C11H10FNO2/c1-2-15-11(14)10(7-13)8-4-3-5-9(12)6-8/h3-6,10H,2H2,1H3. The molecule has 0 N–H and O–H groups in total. The molecular weight excluding hydrogens is 197 g/mol. The van der Waals surface area contributed by atoms with Crippen LogP contribution in [-0.4, -0.2) is 12.6 Å². The van der Waals surface area contributed by atoms with Crippen LogP contribution in [0.2, 0.25) is 0 Å². The molecule has 1 aromatic rings. The minimum Gasteiger partial charge on any atom is -0.465 e. The van der Waals surface area contributed by atoms with Crippen molar-refractivity contribution in [2.75, 3.05) is 6.61 Å². The van der Waals surface area contributed by atoms with Gasteiger partial charge in [0.05, 0.1) is 12.7 Å². The second-order valence-corrected chi connectivity index (χ2v) is 2.87. The minimum atomic E-state index is -1.05. The number of nitrogens with zero attached hydrogens (tertiary/aromatic N) is 1. The summed E-state index contributed by atoms with van der Waals surface area (Å²) < 4.78 is 17.6. The first-order valence-corrected chi connectivity index (χ1v) is 4.50. The summed E-state index contributed by atoms with van der Waals surface area (Å²) in [5.74, 6) is -2.18. The maximum absolute atomic E-state index is 12.9. The average molecular weight is 207 g/mol. The number of ether oxygens (including phenoxy) is 1. The molecular formula is C11H10FNO2. The van der Waals surface area contributed by atoms with Gasteiger partial charge in [0.25, 0.3) is 0 Å². The number of rotatable bonds is 3. The molecule has 0 amide bonds. The van der Waals surface area contributed by atoms with Gasteiger partial charge in [-0.3, -0.25) is 4.79 Å². The number of carbonyl (C=O) groups excluding carboxylic acids is 1. The third-order valence-corrected chi connectivity index (χ3v) is 1.83. The Labute approximate surface area is 87.1 Å². The van der Waals surface area contributed by atoms with E-state index in [0.717, 1.165) is 6.07 Å². The molecule has 0 aromatic heterocycles. The number of carbonyl (C=O) groups is 1. The topological polar surface area (TPSA) is 50.1 Å². The first-order valence-electron chi connectivity index (χ1n) is 4.50. The van der Waals surface area contributed by atoms with Crippen LogP contribution in [0.3, 0.4) is 0 Å². The van der Waals surface area contributed by atoms with E-state index in [1.54, 1.807) is 13.0 Å². The summed E-state index contributed by atoms with van der Waals surface area (Å²) >= 11 is 0. The van der Waals surface area contributed by atoms with Gasteiger partial charge in [-0.05, 0) is 24.6 Å². The molecule has 1 atom stereocenters. The van der Waals surface area contributed by atoms with Crippen LogP contribution in [0, 0.1) is 17.1 Å². The van der Waals surface area contributed by atoms with E-state index in [-0.39, 0.29) is 6.61 Å². The Bertz CT molecular complexity index is 398. The summed E-state index contributed by atoms with van der Waals surface area (Å²) in [5.41, 5.74) is 0.316. The van der Waals surface area contributed by atoms with E-state index in [4.69, 9.17) is 10.00 Å². The molecule has 1 rings (SSSR count). The zero-order valence-corrected chi connectivity index (χ0v) is 8.24. The van der Waals surface area contributed by atoms with Crippen LogP contribution in [0.5, 0.6) is 0 Å². The van der Waals surface area contributed by atoms with E-state index in [9.17, 15) is 9.18 Å². The molecule has 0 heterocycles. The van der Waals surface area contributed by atoms with E-state index in [1.165, 1.54) is 18.2 Å². The monoisotopic (exact) mass is 207 g/mol.